The third-order valence-corrected chi connectivity index (χ3v) is 4.50. The molecule has 0 radical (unpaired) electrons. The second-order valence-electron chi connectivity index (χ2n) is 4.80. The maximum Gasteiger partial charge on any atom is 0.269 e. The van der Waals surface area contributed by atoms with Gasteiger partial charge in [0.1, 0.15) is 0 Å². The molecule has 2 aromatic rings. The number of nitro benzene ring substituents is 1. The van der Waals surface area contributed by atoms with E-state index in [9.17, 15) is 18.5 Å². The molecule has 0 aromatic heterocycles. The zero-order valence-corrected chi connectivity index (χ0v) is 12.8. The Morgan fingerprint density at radius 2 is 1.64 bits per heavy atom. The number of benzene rings is 2. The summed E-state index contributed by atoms with van der Waals surface area (Å²) in [5, 5.41) is 10.6. The van der Waals surface area contributed by atoms with Crippen molar-refractivity contribution in [1.82, 2.24) is 0 Å². The molecule has 116 valence electrons. The first kappa shape index (κ1) is 16.0. The minimum absolute atomic E-state index is 0.0909. The lowest BCUT2D eigenvalue weighted by Crippen LogP contribution is -2.12. The summed E-state index contributed by atoms with van der Waals surface area (Å²) < 4.78 is 26.9. The maximum atomic E-state index is 12.2. The van der Waals surface area contributed by atoms with Gasteiger partial charge in [-0.1, -0.05) is 25.5 Å². The van der Waals surface area contributed by atoms with Gasteiger partial charge < -0.3 is 0 Å². The van der Waals surface area contributed by atoms with Crippen molar-refractivity contribution in [1.29, 1.82) is 0 Å². The lowest BCUT2D eigenvalue weighted by Gasteiger charge is -2.08. The van der Waals surface area contributed by atoms with Gasteiger partial charge in [0, 0.05) is 17.8 Å². The normalized spacial score (nSPS) is 11.1. The summed E-state index contributed by atoms with van der Waals surface area (Å²) in [6, 6.07) is 11.9. The zero-order chi connectivity index (χ0) is 16.2. The van der Waals surface area contributed by atoms with Crippen LogP contribution in [0.2, 0.25) is 0 Å². The Morgan fingerprint density at radius 3 is 2.14 bits per heavy atom. The molecule has 0 heterocycles. The average Bonchev–Trinajstić information content (AvgIpc) is 2.48. The van der Waals surface area contributed by atoms with Crippen LogP contribution in [-0.4, -0.2) is 13.3 Å². The molecule has 2 rings (SSSR count). The quantitative estimate of drug-likeness (QED) is 0.653. The molecule has 0 atom stereocenters. The van der Waals surface area contributed by atoms with Gasteiger partial charge in [-0.2, -0.15) is 0 Å². The Kier molecular flexibility index (Phi) is 4.77. The number of nitro groups is 1. The van der Waals surface area contributed by atoms with Gasteiger partial charge in [-0.3, -0.25) is 14.8 Å². The monoisotopic (exact) mass is 320 g/mol. The minimum Gasteiger partial charge on any atom is -0.280 e. The van der Waals surface area contributed by atoms with Crippen molar-refractivity contribution >= 4 is 21.4 Å². The minimum atomic E-state index is -3.70. The molecule has 0 fully saturated rings. The molecule has 0 bridgehead atoms. The molecule has 6 nitrogen and oxygen atoms in total. The van der Waals surface area contributed by atoms with Gasteiger partial charge in [0.15, 0.2) is 0 Å². The summed E-state index contributed by atoms with van der Waals surface area (Å²) in [5.74, 6) is 0. The standard InChI is InChI=1S/C15H16N2O4S/c1-2-3-12-4-10-15(11-5-12)22(20,21)16-13-6-8-14(9-7-13)17(18)19/h4-11,16H,2-3H2,1H3. The van der Waals surface area contributed by atoms with Crippen molar-refractivity contribution in [2.24, 2.45) is 0 Å². The van der Waals surface area contributed by atoms with Crippen LogP contribution in [-0.2, 0) is 16.4 Å². The number of anilines is 1. The summed E-state index contributed by atoms with van der Waals surface area (Å²) in [7, 11) is -3.70. The Morgan fingerprint density at radius 1 is 1.05 bits per heavy atom. The molecule has 22 heavy (non-hydrogen) atoms. The summed E-state index contributed by atoms with van der Waals surface area (Å²) in [6.07, 6.45) is 1.89. The van der Waals surface area contributed by atoms with E-state index in [0.29, 0.717) is 0 Å². The number of sulfonamides is 1. The van der Waals surface area contributed by atoms with E-state index in [0.717, 1.165) is 18.4 Å². The van der Waals surface area contributed by atoms with Gasteiger partial charge in [0.25, 0.3) is 15.7 Å². The highest BCUT2D eigenvalue weighted by molar-refractivity contribution is 7.92. The van der Waals surface area contributed by atoms with Gasteiger partial charge in [-0.25, -0.2) is 8.42 Å². The van der Waals surface area contributed by atoms with E-state index in [2.05, 4.69) is 11.6 Å². The summed E-state index contributed by atoms with van der Waals surface area (Å²) in [4.78, 5) is 10.2. The summed E-state index contributed by atoms with van der Waals surface area (Å²) in [5.41, 5.74) is 1.27. The summed E-state index contributed by atoms with van der Waals surface area (Å²) in [6.45, 7) is 2.06. The highest BCUT2D eigenvalue weighted by atomic mass is 32.2. The molecule has 0 aliphatic rings. The van der Waals surface area contributed by atoms with Crippen molar-refractivity contribution in [2.45, 2.75) is 24.7 Å². The Hall–Kier alpha value is -2.41. The van der Waals surface area contributed by atoms with Gasteiger partial charge in [-0.05, 0) is 36.2 Å². The van der Waals surface area contributed by atoms with E-state index in [1.54, 1.807) is 24.3 Å². The SMILES string of the molecule is CCCc1ccc(S(=O)(=O)Nc2ccc([N+](=O)[O-])cc2)cc1. The lowest BCUT2D eigenvalue weighted by molar-refractivity contribution is -0.384. The van der Waals surface area contributed by atoms with Crippen LogP contribution < -0.4 is 4.72 Å². The Labute approximate surface area is 129 Å². The first-order valence-electron chi connectivity index (χ1n) is 6.78. The largest absolute Gasteiger partial charge is 0.280 e. The van der Waals surface area contributed by atoms with Crippen molar-refractivity contribution in [3.8, 4) is 0 Å². The molecular weight excluding hydrogens is 304 g/mol. The second-order valence-corrected chi connectivity index (χ2v) is 6.49. The molecule has 0 spiro atoms. The molecule has 0 aliphatic heterocycles. The molecule has 2 aromatic carbocycles. The van der Waals surface area contributed by atoms with Crippen molar-refractivity contribution in [3.05, 3.63) is 64.2 Å². The molecule has 0 unspecified atom stereocenters. The number of aryl methyl sites for hydroxylation is 1. The third-order valence-electron chi connectivity index (χ3n) is 3.10. The molecule has 0 amide bonds. The fraction of sp³-hybridized carbons (Fsp3) is 0.200. The fourth-order valence-electron chi connectivity index (χ4n) is 1.99. The Bertz CT molecular complexity index is 753. The van der Waals surface area contributed by atoms with Crippen LogP contribution in [0.25, 0.3) is 0 Å². The van der Waals surface area contributed by atoms with E-state index in [1.807, 2.05) is 0 Å². The van der Waals surface area contributed by atoms with Crippen molar-refractivity contribution in [3.63, 3.8) is 0 Å². The second kappa shape index (κ2) is 6.57. The molecule has 1 N–H and O–H groups in total. The third kappa shape index (κ3) is 3.82. The average molecular weight is 320 g/mol. The zero-order valence-electron chi connectivity index (χ0n) is 12.0. The van der Waals surface area contributed by atoms with Crippen molar-refractivity contribution < 1.29 is 13.3 Å². The van der Waals surface area contributed by atoms with Crippen LogP contribution in [0.1, 0.15) is 18.9 Å². The van der Waals surface area contributed by atoms with Gasteiger partial charge in [-0.15, -0.1) is 0 Å². The Balaban J connectivity index is 2.18. The lowest BCUT2D eigenvalue weighted by atomic mass is 10.1. The van der Waals surface area contributed by atoms with Crippen LogP contribution in [0.15, 0.2) is 53.4 Å². The molecule has 0 saturated carbocycles. The van der Waals surface area contributed by atoms with Crippen LogP contribution in [0.4, 0.5) is 11.4 Å². The van der Waals surface area contributed by atoms with Gasteiger partial charge in [0.2, 0.25) is 0 Å². The number of hydrogen-bond acceptors (Lipinski definition) is 4. The van der Waals surface area contributed by atoms with E-state index in [-0.39, 0.29) is 16.3 Å². The first-order valence-corrected chi connectivity index (χ1v) is 8.27. The predicted octanol–water partition coefficient (Wildman–Crippen LogP) is 3.35. The number of non-ortho nitro benzene ring substituents is 1. The van der Waals surface area contributed by atoms with Crippen LogP contribution >= 0.6 is 0 Å². The van der Waals surface area contributed by atoms with Gasteiger partial charge >= 0.3 is 0 Å². The molecule has 0 saturated heterocycles. The first-order chi connectivity index (χ1) is 10.4. The molecule has 7 heteroatoms. The van der Waals surface area contributed by atoms with Crippen LogP contribution in [0.3, 0.4) is 0 Å². The highest BCUT2D eigenvalue weighted by Gasteiger charge is 2.14. The number of nitrogens with zero attached hydrogens (tertiary/aromatic N) is 1. The van der Waals surface area contributed by atoms with E-state index >= 15 is 0 Å². The molecular formula is C15H16N2O4S. The van der Waals surface area contributed by atoms with Crippen molar-refractivity contribution in [2.75, 3.05) is 4.72 Å². The summed E-state index contributed by atoms with van der Waals surface area (Å²) >= 11 is 0. The van der Waals surface area contributed by atoms with E-state index < -0.39 is 14.9 Å². The highest BCUT2D eigenvalue weighted by Crippen LogP contribution is 2.20. The van der Waals surface area contributed by atoms with E-state index in [1.165, 1.54) is 24.3 Å². The van der Waals surface area contributed by atoms with E-state index in [4.69, 9.17) is 0 Å². The predicted molar refractivity (Wildman–Crippen MR) is 84.3 cm³/mol. The molecule has 0 aliphatic carbocycles. The number of nitrogens with one attached hydrogen (secondary N) is 1. The van der Waals surface area contributed by atoms with Crippen LogP contribution in [0.5, 0.6) is 0 Å². The topological polar surface area (TPSA) is 89.3 Å². The maximum absolute atomic E-state index is 12.2. The number of rotatable bonds is 6. The number of hydrogen-bond donors (Lipinski definition) is 1. The van der Waals surface area contributed by atoms with Crippen LogP contribution in [0, 0.1) is 10.1 Å². The smallest absolute Gasteiger partial charge is 0.269 e. The fourth-order valence-corrected chi connectivity index (χ4v) is 3.05. The van der Waals surface area contributed by atoms with Gasteiger partial charge in [0.05, 0.1) is 9.82 Å².